The average molecular weight is 376 g/mol. The van der Waals surface area contributed by atoms with E-state index in [9.17, 15) is 0 Å². The van der Waals surface area contributed by atoms with Crippen molar-refractivity contribution in [1.82, 2.24) is 10.2 Å². The quantitative estimate of drug-likeness (QED) is 0.839. The lowest BCUT2D eigenvalue weighted by molar-refractivity contribution is 0.288. The molecule has 2 aliphatic heterocycles. The molecule has 0 saturated carbocycles. The molecule has 2 aliphatic rings. The molecule has 146 valence electrons. The molecular formula is C23H29N5. The van der Waals surface area contributed by atoms with Gasteiger partial charge in [-0.15, -0.1) is 0 Å². The minimum atomic E-state index is 0.0744. The third kappa shape index (κ3) is 3.62. The van der Waals surface area contributed by atoms with E-state index in [0.717, 1.165) is 24.4 Å². The highest BCUT2D eigenvalue weighted by molar-refractivity contribution is 5.79. The summed E-state index contributed by atoms with van der Waals surface area (Å²) in [4.78, 5) is 9.10. The molecule has 2 atom stereocenters. The van der Waals surface area contributed by atoms with Gasteiger partial charge in [0.1, 0.15) is 6.17 Å². The zero-order chi connectivity index (χ0) is 19.7. The Morgan fingerprint density at radius 3 is 2.61 bits per heavy atom. The summed E-state index contributed by atoms with van der Waals surface area (Å²) in [7, 11) is 4.34. The number of hydrogen-bond acceptors (Lipinski definition) is 5. The Hall–Kier alpha value is -2.79. The summed E-state index contributed by atoms with van der Waals surface area (Å²) in [5, 5.41) is 7.02. The van der Waals surface area contributed by atoms with E-state index in [1.165, 1.54) is 22.4 Å². The first-order valence-electron chi connectivity index (χ1n) is 9.86. The van der Waals surface area contributed by atoms with E-state index in [0.29, 0.717) is 6.04 Å². The molecule has 0 spiro atoms. The maximum absolute atomic E-state index is 4.29. The number of fused-ring (bicyclic) bond motifs is 2. The lowest BCUT2D eigenvalue weighted by atomic mass is 10.0. The number of likely N-dealkylation sites (N-methyl/N-ethyl adjacent to an activating group) is 1. The summed E-state index contributed by atoms with van der Waals surface area (Å²) >= 11 is 0. The first-order chi connectivity index (χ1) is 13.5. The molecule has 5 heteroatoms. The van der Waals surface area contributed by atoms with Crippen molar-refractivity contribution >= 4 is 17.7 Å². The molecule has 0 bridgehead atoms. The third-order valence-corrected chi connectivity index (χ3v) is 5.78. The van der Waals surface area contributed by atoms with Gasteiger partial charge in [-0.1, -0.05) is 30.3 Å². The molecule has 0 aliphatic carbocycles. The van der Waals surface area contributed by atoms with Crippen molar-refractivity contribution in [3.05, 3.63) is 71.1 Å². The smallest absolute Gasteiger partial charge is 0.143 e. The van der Waals surface area contributed by atoms with Crippen LogP contribution in [0.15, 0.2) is 59.4 Å². The van der Waals surface area contributed by atoms with E-state index in [-0.39, 0.29) is 6.17 Å². The van der Waals surface area contributed by atoms with E-state index < -0.39 is 0 Å². The minimum absolute atomic E-state index is 0.0744. The van der Waals surface area contributed by atoms with Crippen LogP contribution in [0, 0.1) is 13.8 Å². The van der Waals surface area contributed by atoms with Gasteiger partial charge >= 0.3 is 0 Å². The van der Waals surface area contributed by atoms with Gasteiger partial charge in [-0.3, -0.25) is 0 Å². The van der Waals surface area contributed by atoms with Crippen molar-refractivity contribution in [2.75, 3.05) is 30.9 Å². The molecule has 0 amide bonds. The van der Waals surface area contributed by atoms with Gasteiger partial charge in [0, 0.05) is 12.6 Å². The van der Waals surface area contributed by atoms with E-state index >= 15 is 0 Å². The Morgan fingerprint density at radius 1 is 1.11 bits per heavy atom. The number of benzene rings is 2. The van der Waals surface area contributed by atoms with Gasteiger partial charge in [0.15, 0.2) is 0 Å². The predicted octanol–water partition coefficient (Wildman–Crippen LogP) is 3.51. The van der Waals surface area contributed by atoms with Crippen LogP contribution >= 0.6 is 0 Å². The van der Waals surface area contributed by atoms with Gasteiger partial charge in [-0.2, -0.15) is 0 Å². The Bertz CT molecular complexity index is 901. The van der Waals surface area contributed by atoms with Crippen molar-refractivity contribution in [3.63, 3.8) is 0 Å². The van der Waals surface area contributed by atoms with Gasteiger partial charge in [-0.25, -0.2) is 4.99 Å². The van der Waals surface area contributed by atoms with Crippen LogP contribution in [0.3, 0.4) is 0 Å². The number of nitrogens with zero attached hydrogens (tertiary/aromatic N) is 3. The van der Waals surface area contributed by atoms with E-state index in [1.54, 1.807) is 6.34 Å². The van der Waals surface area contributed by atoms with Crippen LogP contribution in [0.5, 0.6) is 0 Å². The van der Waals surface area contributed by atoms with E-state index in [4.69, 9.17) is 0 Å². The van der Waals surface area contributed by atoms with Crippen LogP contribution in [-0.4, -0.2) is 44.1 Å². The molecule has 4 rings (SSSR count). The molecule has 2 N–H and O–H groups in total. The highest BCUT2D eigenvalue weighted by Crippen LogP contribution is 2.37. The SMILES string of the molecule is Cc1cc2c(cc1C)N(CC(Cc1ccccc1)N(C)C)C1NC=NC=C1N2. The van der Waals surface area contributed by atoms with Crippen molar-refractivity contribution in [3.8, 4) is 0 Å². The third-order valence-electron chi connectivity index (χ3n) is 5.78. The first kappa shape index (κ1) is 18.6. The molecular weight excluding hydrogens is 346 g/mol. The molecule has 2 heterocycles. The number of nitrogens with one attached hydrogen (secondary N) is 2. The molecule has 0 radical (unpaired) electrons. The number of rotatable bonds is 5. The maximum Gasteiger partial charge on any atom is 0.143 e. The van der Waals surface area contributed by atoms with E-state index in [1.807, 2.05) is 6.20 Å². The van der Waals surface area contributed by atoms with Crippen LogP contribution in [0.1, 0.15) is 16.7 Å². The van der Waals surface area contributed by atoms with E-state index in [2.05, 4.69) is 95.8 Å². The second-order valence-electron chi connectivity index (χ2n) is 7.97. The van der Waals surface area contributed by atoms with Gasteiger partial charge in [-0.05, 0) is 63.2 Å². The van der Waals surface area contributed by atoms with Crippen LogP contribution in [0.4, 0.5) is 11.4 Å². The Labute approximate surface area is 167 Å². The molecule has 0 aromatic heterocycles. The van der Waals surface area contributed by atoms with Crippen molar-refractivity contribution in [2.45, 2.75) is 32.5 Å². The summed E-state index contributed by atoms with van der Waals surface area (Å²) in [5.41, 5.74) is 7.47. The fourth-order valence-corrected chi connectivity index (χ4v) is 3.91. The van der Waals surface area contributed by atoms with Gasteiger partial charge in [0.2, 0.25) is 0 Å². The molecule has 28 heavy (non-hydrogen) atoms. The van der Waals surface area contributed by atoms with Gasteiger partial charge in [0.25, 0.3) is 0 Å². The topological polar surface area (TPSA) is 42.9 Å². The molecule has 2 aromatic carbocycles. The summed E-state index contributed by atoms with van der Waals surface area (Å²) in [6.45, 7) is 5.27. The summed E-state index contributed by atoms with van der Waals surface area (Å²) in [6, 6.07) is 15.7. The largest absolute Gasteiger partial charge is 0.353 e. The Balaban J connectivity index is 1.68. The zero-order valence-electron chi connectivity index (χ0n) is 17.1. The number of anilines is 2. The molecule has 0 saturated heterocycles. The van der Waals surface area contributed by atoms with Crippen LogP contribution < -0.4 is 15.5 Å². The van der Waals surface area contributed by atoms with Crippen LogP contribution in [-0.2, 0) is 6.42 Å². The second-order valence-corrected chi connectivity index (χ2v) is 7.97. The van der Waals surface area contributed by atoms with Crippen LogP contribution in [0.2, 0.25) is 0 Å². The highest BCUT2D eigenvalue weighted by atomic mass is 15.4. The first-order valence-corrected chi connectivity index (χ1v) is 9.86. The van der Waals surface area contributed by atoms with Crippen molar-refractivity contribution in [2.24, 2.45) is 4.99 Å². The molecule has 2 aromatic rings. The molecule has 2 unspecified atom stereocenters. The minimum Gasteiger partial charge on any atom is -0.353 e. The second kappa shape index (κ2) is 7.68. The highest BCUT2D eigenvalue weighted by Gasteiger charge is 2.33. The fraction of sp³-hybridized carbons (Fsp3) is 0.348. The number of aryl methyl sites for hydroxylation is 2. The Morgan fingerprint density at radius 2 is 1.86 bits per heavy atom. The van der Waals surface area contributed by atoms with Crippen LogP contribution in [0.25, 0.3) is 0 Å². The summed E-state index contributed by atoms with van der Waals surface area (Å²) < 4.78 is 0. The monoisotopic (exact) mass is 375 g/mol. The lowest BCUT2D eigenvalue weighted by Crippen LogP contribution is -2.56. The zero-order valence-corrected chi connectivity index (χ0v) is 17.1. The molecule has 0 fully saturated rings. The summed E-state index contributed by atoms with van der Waals surface area (Å²) in [6.07, 6.45) is 4.80. The lowest BCUT2D eigenvalue weighted by Gasteiger charge is -2.44. The van der Waals surface area contributed by atoms with Crippen molar-refractivity contribution in [1.29, 1.82) is 0 Å². The van der Waals surface area contributed by atoms with Gasteiger partial charge in [0.05, 0.1) is 29.6 Å². The molecule has 5 nitrogen and oxygen atoms in total. The fourth-order valence-electron chi connectivity index (χ4n) is 3.91. The standard InChI is InChI=1S/C23H29N5/c1-16-10-20-22(11-17(16)2)28(23-21(26-20)13-24-15-25-23)14-19(27(3)4)12-18-8-6-5-7-9-18/h5-11,13,15,19,23,26H,12,14H2,1-4H3,(H,24,25). The summed E-state index contributed by atoms with van der Waals surface area (Å²) in [5.74, 6) is 0. The maximum atomic E-state index is 4.29. The predicted molar refractivity (Wildman–Crippen MR) is 118 cm³/mol. The normalized spacial score (nSPS) is 18.7. The van der Waals surface area contributed by atoms with Crippen molar-refractivity contribution < 1.29 is 0 Å². The average Bonchev–Trinajstić information content (AvgIpc) is 2.69. The number of aliphatic imine (C=N–C) groups is 1. The van der Waals surface area contributed by atoms with Gasteiger partial charge < -0.3 is 20.4 Å². The Kier molecular flexibility index (Phi) is 5.09. The number of hydrogen-bond donors (Lipinski definition) is 2.